The van der Waals surface area contributed by atoms with Crippen molar-refractivity contribution in [2.45, 2.75) is 0 Å². The van der Waals surface area contributed by atoms with E-state index in [0.29, 0.717) is 18.8 Å². The van der Waals surface area contributed by atoms with Crippen molar-refractivity contribution < 1.29 is 19.6 Å². The number of nitrogens with zero attached hydrogens (tertiary/aromatic N) is 2. The molecule has 2 N–H and O–H groups in total. The van der Waals surface area contributed by atoms with E-state index in [-0.39, 0.29) is 18.8 Å². The van der Waals surface area contributed by atoms with E-state index in [9.17, 15) is 14.9 Å². The van der Waals surface area contributed by atoms with Crippen LogP contribution in [-0.4, -0.2) is 54.4 Å². The van der Waals surface area contributed by atoms with Crippen LogP contribution in [0.4, 0.5) is 16.2 Å². The Bertz CT molecular complexity index is 449. The van der Waals surface area contributed by atoms with Crippen LogP contribution in [-0.2, 0) is 4.74 Å². The number of rotatable bonds is 7. The maximum atomic E-state index is 11.9. The molecule has 0 aromatic heterocycles. The standard InChI is InChI=1S/C12H17N3O5/c1-20-9-7-14(6-8-16)12(17)13-10-2-4-11(5-3-10)15(18)19/h2-5,16H,6-9H2,1H3,(H,13,17). The highest BCUT2D eigenvalue weighted by Gasteiger charge is 2.13. The molecule has 0 fully saturated rings. The normalized spacial score (nSPS) is 10.1. The molecule has 110 valence electrons. The smallest absolute Gasteiger partial charge is 0.321 e. The van der Waals surface area contributed by atoms with Crippen molar-refractivity contribution >= 4 is 17.4 Å². The summed E-state index contributed by atoms with van der Waals surface area (Å²) < 4.78 is 4.88. The molecular formula is C12H17N3O5. The van der Waals surface area contributed by atoms with Gasteiger partial charge in [-0.1, -0.05) is 0 Å². The lowest BCUT2D eigenvalue weighted by Gasteiger charge is -2.21. The molecule has 2 amide bonds. The number of non-ortho nitro benzene ring substituents is 1. The zero-order valence-corrected chi connectivity index (χ0v) is 11.1. The van der Waals surface area contributed by atoms with Crippen molar-refractivity contribution in [3.05, 3.63) is 34.4 Å². The Labute approximate surface area is 116 Å². The average molecular weight is 283 g/mol. The quantitative estimate of drug-likeness (QED) is 0.575. The number of carbonyl (C=O) groups excluding carboxylic acids is 1. The zero-order valence-electron chi connectivity index (χ0n) is 11.1. The molecule has 1 aromatic rings. The molecule has 0 aliphatic rings. The maximum Gasteiger partial charge on any atom is 0.321 e. The molecule has 1 aromatic carbocycles. The fourth-order valence-electron chi connectivity index (χ4n) is 1.51. The van der Waals surface area contributed by atoms with Crippen LogP contribution in [0.1, 0.15) is 0 Å². The van der Waals surface area contributed by atoms with Crippen LogP contribution in [0, 0.1) is 10.1 Å². The molecule has 8 heteroatoms. The van der Waals surface area contributed by atoms with Gasteiger partial charge in [0.15, 0.2) is 0 Å². The van der Waals surface area contributed by atoms with Gasteiger partial charge in [0.1, 0.15) is 0 Å². The van der Waals surface area contributed by atoms with Gasteiger partial charge in [-0.3, -0.25) is 10.1 Å². The summed E-state index contributed by atoms with van der Waals surface area (Å²) in [7, 11) is 1.52. The van der Waals surface area contributed by atoms with Crippen molar-refractivity contribution in [2.24, 2.45) is 0 Å². The summed E-state index contributed by atoms with van der Waals surface area (Å²) in [6.07, 6.45) is 0. The van der Waals surface area contributed by atoms with Gasteiger partial charge in [-0.2, -0.15) is 0 Å². The van der Waals surface area contributed by atoms with E-state index in [4.69, 9.17) is 9.84 Å². The minimum absolute atomic E-state index is 0.0467. The third-order valence-corrected chi connectivity index (χ3v) is 2.55. The second kappa shape index (κ2) is 8.08. The maximum absolute atomic E-state index is 11.9. The number of methoxy groups -OCH3 is 1. The summed E-state index contributed by atoms with van der Waals surface area (Å²) in [4.78, 5) is 23.3. The van der Waals surface area contributed by atoms with E-state index in [1.807, 2.05) is 0 Å². The third-order valence-electron chi connectivity index (χ3n) is 2.55. The van der Waals surface area contributed by atoms with Gasteiger partial charge in [0, 0.05) is 38.0 Å². The Morgan fingerprint density at radius 2 is 2.05 bits per heavy atom. The molecule has 20 heavy (non-hydrogen) atoms. The summed E-state index contributed by atoms with van der Waals surface area (Å²) in [6, 6.07) is 5.11. The number of hydrogen-bond donors (Lipinski definition) is 2. The van der Waals surface area contributed by atoms with E-state index < -0.39 is 11.0 Å². The first-order chi connectivity index (χ1) is 9.58. The van der Waals surface area contributed by atoms with Crippen LogP contribution < -0.4 is 5.32 Å². The Balaban J connectivity index is 2.64. The first kappa shape index (κ1) is 15.9. The molecule has 0 heterocycles. The van der Waals surface area contributed by atoms with Gasteiger partial charge < -0.3 is 20.1 Å². The van der Waals surface area contributed by atoms with Crippen LogP contribution in [0.2, 0.25) is 0 Å². The molecule has 0 atom stereocenters. The Morgan fingerprint density at radius 3 is 2.55 bits per heavy atom. The van der Waals surface area contributed by atoms with Crippen molar-refractivity contribution in [2.75, 3.05) is 38.7 Å². The Morgan fingerprint density at radius 1 is 1.40 bits per heavy atom. The summed E-state index contributed by atoms with van der Waals surface area (Å²) in [5, 5.41) is 22.0. The van der Waals surface area contributed by atoms with E-state index >= 15 is 0 Å². The van der Waals surface area contributed by atoms with Gasteiger partial charge in [0.25, 0.3) is 5.69 Å². The topological polar surface area (TPSA) is 105 Å². The highest BCUT2D eigenvalue weighted by atomic mass is 16.6. The molecule has 0 unspecified atom stereocenters. The van der Waals surface area contributed by atoms with Gasteiger partial charge in [-0.25, -0.2) is 4.79 Å². The molecule has 8 nitrogen and oxygen atoms in total. The number of urea groups is 1. The highest BCUT2D eigenvalue weighted by molar-refractivity contribution is 5.89. The second-order valence-corrected chi connectivity index (χ2v) is 3.94. The lowest BCUT2D eigenvalue weighted by atomic mass is 10.3. The van der Waals surface area contributed by atoms with Crippen LogP contribution in [0.5, 0.6) is 0 Å². The summed E-state index contributed by atoms with van der Waals surface area (Å²) in [5.41, 5.74) is 0.399. The number of hydrogen-bond acceptors (Lipinski definition) is 5. The lowest BCUT2D eigenvalue weighted by molar-refractivity contribution is -0.384. The number of carbonyl (C=O) groups is 1. The first-order valence-corrected chi connectivity index (χ1v) is 5.98. The second-order valence-electron chi connectivity index (χ2n) is 3.94. The number of benzene rings is 1. The van der Waals surface area contributed by atoms with Crippen LogP contribution >= 0.6 is 0 Å². The molecule has 0 radical (unpaired) electrons. The lowest BCUT2D eigenvalue weighted by Crippen LogP contribution is -2.39. The third kappa shape index (κ3) is 4.82. The van der Waals surface area contributed by atoms with Gasteiger partial charge in [0.05, 0.1) is 18.1 Å². The van der Waals surface area contributed by atoms with Crippen LogP contribution in [0.15, 0.2) is 24.3 Å². The van der Waals surface area contributed by atoms with Crippen molar-refractivity contribution in [3.8, 4) is 0 Å². The molecule has 0 aliphatic carbocycles. The number of ether oxygens (including phenoxy) is 1. The van der Waals surface area contributed by atoms with Crippen molar-refractivity contribution in [1.82, 2.24) is 4.90 Å². The average Bonchev–Trinajstić information content (AvgIpc) is 2.43. The van der Waals surface area contributed by atoms with Crippen molar-refractivity contribution in [3.63, 3.8) is 0 Å². The molecule has 0 aliphatic heterocycles. The number of nitro benzene ring substituents is 1. The zero-order chi connectivity index (χ0) is 15.0. The van der Waals surface area contributed by atoms with Gasteiger partial charge in [-0.15, -0.1) is 0 Å². The molecule has 0 spiro atoms. The SMILES string of the molecule is COCCN(CCO)C(=O)Nc1ccc([N+](=O)[O-])cc1. The first-order valence-electron chi connectivity index (χ1n) is 5.98. The molecule has 0 bridgehead atoms. The minimum atomic E-state index is -0.512. The molecule has 1 rings (SSSR count). The largest absolute Gasteiger partial charge is 0.395 e. The van der Waals surface area contributed by atoms with Crippen LogP contribution in [0.25, 0.3) is 0 Å². The molecular weight excluding hydrogens is 266 g/mol. The number of nitrogens with one attached hydrogen (secondary N) is 1. The number of nitro groups is 1. The van der Waals surface area contributed by atoms with E-state index in [1.54, 1.807) is 0 Å². The summed E-state index contributed by atoms with van der Waals surface area (Å²) in [6.45, 7) is 0.725. The fraction of sp³-hybridized carbons (Fsp3) is 0.417. The van der Waals surface area contributed by atoms with Crippen LogP contribution in [0.3, 0.4) is 0 Å². The predicted octanol–water partition coefficient (Wildman–Crippen LogP) is 1.07. The van der Waals surface area contributed by atoms with Gasteiger partial charge in [-0.05, 0) is 12.1 Å². The monoisotopic (exact) mass is 283 g/mol. The number of amides is 2. The van der Waals surface area contributed by atoms with Gasteiger partial charge in [0.2, 0.25) is 0 Å². The minimum Gasteiger partial charge on any atom is -0.395 e. The number of aliphatic hydroxyl groups excluding tert-OH is 1. The highest BCUT2D eigenvalue weighted by Crippen LogP contribution is 2.15. The van der Waals surface area contributed by atoms with Gasteiger partial charge >= 0.3 is 6.03 Å². The van der Waals surface area contributed by atoms with E-state index in [2.05, 4.69) is 5.32 Å². The Kier molecular flexibility index (Phi) is 6.41. The summed E-state index contributed by atoms with van der Waals surface area (Å²) in [5.74, 6) is 0. The Hall–Kier alpha value is -2.19. The van der Waals surface area contributed by atoms with E-state index in [1.165, 1.54) is 36.3 Å². The predicted molar refractivity (Wildman–Crippen MR) is 72.6 cm³/mol. The van der Waals surface area contributed by atoms with E-state index in [0.717, 1.165) is 0 Å². The fourth-order valence-corrected chi connectivity index (χ4v) is 1.51. The number of aliphatic hydroxyl groups is 1. The summed E-state index contributed by atoms with van der Waals surface area (Å²) >= 11 is 0. The number of anilines is 1. The molecule has 0 saturated carbocycles. The molecule has 0 saturated heterocycles. The van der Waals surface area contributed by atoms with Crippen molar-refractivity contribution in [1.29, 1.82) is 0 Å².